The molecule has 0 unspecified atom stereocenters. The van der Waals surface area contributed by atoms with Gasteiger partial charge in [0.1, 0.15) is 5.82 Å². The van der Waals surface area contributed by atoms with E-state index in [1.165, 1.54) is 67.7 Å². The molecule has 0 nitrogen and oxygen atoms in total. The molecule has 0 saturated carbocycles. The van der Waals surface area contributed by atoms with Gasteiger partial charge in [-0.3, -0.25) is 0 Å². The minimum atomic E-state index is -0.390. The Morgan fingerprint density at radius 3 is 2.00 bits per heavy atom. The molecule has 4 rings (SSSR count). The molecule has 3 aromatic rings. The second-order valence-corrected chi connectivity index (χ2v) is 13.7. The molecule has 0 aromatic heterocycles. The Labute approximate surface area is 205 Å². The molecule has 0 spiro atoms. The summed E-state index contributed by atoms with van der Waals surface area (Å²) < 4.78 is 13.8. The lowest BCUT2D eigenvalue weighted by atomic mass is 9.93. The first kappa shape index (κ1) is 24.2. The van der Waals surface area contributed by atoms with Gasteiger partial charge >= 0.3 is 0 Å². The van der Waals surface area contributed by atoms with E-state index in [0.717, 1.165) is 17.0 Å². The molecule has 0 aliphatic carbocycles. The normalized spacial score (nSPS) is 18.4. The van der Waals surface area contributed by atoms with E-state index < -0.39 is 8.80 Å². The summed E-state index contributed by atoms with van der Waals surface area (Å²) in [6.07, 6.45) is 9.83. The summed E-state index contributed by atoms with van der Waals surface area (Å²) >= 11 is 5.81. The van der Waals surface area contributed by atoms with Gasteiger partial charge in [0.25, 0.3) is 0 Å². The van der Waals surface area contributed by atoms with E-state index in [9.17, 15) is 4.39 Å². The third-order valence-corrected chi connectivity index (χ3v) is 11.3. The van der Waals surface area contributed by atoms with Gasteiger partial charge in [-0.1, -0.05) is 123 Å². The Hall–Kier alpha value is -1.90. The van der Waals surface area contributed by atoms with Crippen LogP contribution in [0, 0.1) is 11.7 Å². The largest absolute Gasteiger partial charge is 0.205 e. The first-order valence-electron chi connectivity index (χ1n) is 12.8. The summed E-state index contributed by atoms with van der Waals surface area (Å²) in [6, 6.07) is 27.1. The summed E-state index contributed by atoms with van der Waals surface area (Å²) in [7, 11) is -0.390. The minimum absolute atomic E-state index is 0.160. The summed E-state index contributed by atoms with van der Waals surface area (Å²) in [4.78, 5) is 0. The van der Waals surface area contributed by atoms with E-state index in [-0.39, 0.29) is 10.8 Å². The van der Waals surface area contributed by atoms with E-state index >= 15 is 0 Å². The molecule has 1 saturated heterocycles. The van der Waals surface area contributed by atoms with Gasteiger partial charge in [-0.05, 0) is 58.7 Å². The Kier molecular flexibility index (Phi) is 8.80. The summed E-state index contributed by atoms with van der Waals surface area (Å²) in [5.41, 5.74) is 5.71. The van der Waals surface area contributed by atoms with Gasteiger partial charge in [0.05, 0.1) is 5.02 Å². The Morgan fingerprint density at radius 1 is 0.818 bits per heavy atom. The molecule has 0 amide bonds. The molecule has 174 valence electrons. The number of halogens is 2. The SMILES string of the molecule is CCCCC[Si@H]1CC[C@H](CCc2ccc(-c3ccc(-c4ccc(Cl)c(F)c4)cc3)cc2)CC1. The van der Waals surface area contributed by atoms with Crippen LogP contribution in [0.5, 0.6) is 0 Å². The maximum Gasteiger partial charge on any atom is 0.142 e. The van der Waals surface area contributed by atoms with Crippen LogP contribution < -0.4 is 0 Å². The number of rotatable bonds is 9. The average Bonchev–Trinajstić information content (AvgIpc) is 2.86. The van der Waals surface area contributed by atoms with E-state index in [4.69, 9.17) is 11.6 Å². The van der Waals surface area contributed by atoms with Crippen molar-refractivity contribution in [1.29, 1.82) is 0 Å². The van der Waals surface area contributed by atoms with E-state index in [0.29, 0.717) is 0 Å². The Morgan fingerprint density at radius 2 is 1.39 bits per heavy atom. The second kappa shape index (κ2) is 12.0. The fourth-order valence-corrected chi connectivity index (χ4v) is 8.99. The molecular formula is C30H36ClFSi. The zero-order chi connectivity index (χ0) is 23.0. The lowest BCUT2D eigenvalue weighted by molar-refractivity contribution is 0.437. The van der Waals surface area contributed by atoms with Gasteiger partial charge < -0.3 is 0 Å². The maximum atomic E-state index is 13.8. The number of aryl methyl sites for hydroxylation is 1. The van der Waals surface area contributed by atoms with Crippen molar-refractivity contribution in [3.05, 3.63) is 83.1 Å². The topological polar surface area (TPSA) is 0 Å². The van der Waals surface area contributed by atoms with Gasteiger partial charge in [-0.25, -0.2) is 4.39 Å². The van der Waals surface area contributed by atoms with E-state index in [1.54, 1.807) is 24.2 Å². The standard InChI is InChI=1S/C30H36ClFSi/c1-2-3-4-19-33-20-17-24(18-21-33)6-5-23-7-9-25(10-8-23)26-11-13-27(14-12-26)28-15-16-29(31)30(32)22-28/h7-16,22,24,33H,2-6,17-21H2,1H3/t24-,33-. The number of hydrogen-bond donors (Lipinski definition) is 0. The zero-order valence-corrected chi connectivity index (χ0v) is 21.7. The van der Waals surface area contributed by atoms with Crippen molar-refractivity contribution in [2.45, 2.75) is 70.0 Å². The van der Waals surface area contributed by atoms with Crippen LogP contribution in [0.25, 0.3) is 22.3 Å². The lowest BCUT2D eigenvalue weighted by Crippen LogP contribution is -2.21. The number of hydrogen-bond acceptors (Lipinski definition) is 0. The fourth-order valence-electron chi connectivity index (χ4n) is 5.26. The van der Waals surface area contributed by atoms with Crippen molar-refractivity contribution in [3.63, 3.8) is 0 Å². The van der Waals surface area contributed by atoms with Gasteiger partial charge in [0.2, 0.25) is 0 Å². The van der Waals surface area contributed by atoms with E-state index in [2.05, 4.69) is 43.3 Å². The van der Waals surface area contributed by atoms with Crippen LogP contribution in [0.15, 0.2) is 66.7 Å². The van der Waals surface area contributed by atoms with Crippen LogP contribution in [-0.4, -0.2) is 8.80 Å². The van der Waals surface area contributed by atoms with Crippen molar-refractivity contribution in [1.82, 2.24) is 0 Å². The van der Waals surface area contributed by atoms with Crippen LogP contribution in [0.1, 0.15) is 51.0 Å². The third kappa shape index (κ3) is 6.80. The highest BCUT2D eigenvalue weighted by atomic mass is 35.5. The predicted octanol–water partition coefficient (Wildman–Crippen LogP) is 9.57. The predicted molar refractivity (Wildman–Crippen MR) is 144 cm³/mol. The molecular weight excluding hydrogens is 443 g/mol. The van der Waals surface area contributed by atoms with Crippen molar-refractivity contribution in [2.75, 3.05) is 0 Å². The van der Waals surface area contributed by atoms with Crippen molar-refractivity contribution < 1.29 is 4.39 Å². The van der Waals surface area contributed by atoms with Crippen LogP contribution in [0.4, 0.5) is 4.39 Å². The lowest BCUT2D eigenvalue weighted by Gasteiger charge is -2.27. The highest BCUT2D eigenvalue weighted by Gasteiger charge is 2.21. The molecule has 33 heavy (non-hydrogen) atoms. The van der Waals surface area contributed by atoms with Crippen molar-refractivity contribution in [3.8, 4) is 22.3 Å². The molecule has 3 aromatic carbocycles. The van der Waals surface area contributed by atoms with E-state index in [1.807, 2.05) is 18.2 Å². The minimum Gasteiger partial charge on any atom is -0.205 e. The number of benzene rings is 3. The second-order valence-electron chi connectivity index (χ2n) is 9.82. The van der Waals surface area contributed by atoms with Crippen LogP contribution in [0.3, 0.4) is 0 Å². The van der Waals surface area contributed by atoms with Crippen molar-refractivity contribution in [2.24, 2.45) is 5.92 Å². The zero-order valence-electron chi connectivity index (χ0n) is 19.8. The monoisotopic (exact) mass is 478 g/mol. The molecule has 0 bridgehead atoms. The Bertz CT molecular complexity index is 1000. The molecule has 3 heteroatoms. The summed E-state index contributed by atoms with van der Waals surface area (Å²) in [5.74, 6) is 0.570. The molecule has 0 radical (unpaired) electrons. The fraction of sp³-hybridized carbons (Fsp3) is 0.400. The maximum absolute atomic E-state index is 13.8. The first-order chi connectivity index (χ1) is 16.1. The van der Waals surface area contributed by atoms with Crippen molar-refractivity contribution >= 4 is 20.4 Å². The first-order valence-corrected chi connectivity index (χ1v) is 15.6. The highest BCUT2D eigenvalue weighted by Crippen LogP contribution is 2.32. The van der Waals surface area contributed by atoms with Crippen LogP contribution in [0.2, 0.25) is 23.2 Å². The molecule has 0 N–H and O–H groups in total. The summed E-state index contributed by atoms with van der Waals surface area (Å²) in [6.45, 7) is 2.31. The summed E-state index contributed by atoms with van der Waals surface area (Å²) in [5, 5.41) is 0.160. The van der Waals surface area contributed by atoms with Crippen LogP contribution >= 0.6 is 11.6 Å². The molecule has 0 atom stereocenters. The Balaban J connectivity index is 1.27. The highest BCUT2D eigenvalue weighted by molar-refractivity contribution is 6.58. The average molecular weight is 479 g/mol. The third-order valence-electron chi connectivity index (χ3n) is 7.45. The van der Waals surface area contributed by atoms with Gasteiger partial charge in [0.15, 0.2) is 0 Å². The molecule has 1 aliphatic rings. The molecule has 1 fully saturated rings. The van der Waals surface area contributed by atoms with Crippen LogP contribution in [-0.2, 0) is 6.42 Å². The quantitative estimate of drug-likeness (QED) is 0.212. The molecule has 1 heterocycles. The molecule has 1 aliphatic heterocycles. The van der Waals surface area contributed by atoms with Gasteiger partial charge in [-0.15, -0.1) is 0 Å². The van der Waals surface area contributed by atoms with Gasteiger partial charge in [-0.2, -0.15) is 0 Å². The number of unbranched alkanes of at least 4 members (excludes halogenated alkanes) is 2. The smallest absolute Gasteiger partial charge is 0.142 e. The van der Waals surface area contributed by atoms with Gasteiger partial charge in [0, 0.05) is 8.80 Å².